The zero-order valence-electron chi connectivity index (χ0n) is 16.3. The lowest BCUT2D eigenvalue weighted by Crippen LogP contribution is -2.54. The fourth-order valence-corrected chi connectivity index (χ4v) is 5.92. The number of hydrogen-bond acceptors (Lipinski definition) is 5. The number of carbonyl (C=O) groups is 2. The smallest absolute Gasteiger partial charge is 0.317 e. The molecule has 1 aromatic rings. The van der Waals surface area contributed by atoms with E-state index in [-0.39, 0.29) is 34.7 Å². The van der Waals surface area contributed by atoms with Gasteiger partial charge in [0.05, 0.1) is 5.92 Å². The molecule has 3 aliphatic rings. The summed E-state index contributed by atoms with van der Waals surface area (Å²) in [5.74, 6) is 0.428. The molecule has 2 aliphatic carbocycles. The van der Waals surface area contributed by atoms with E-state index in [1.165, 1.54) is 24.2 Å². The molecule has 0 radical (unpaired) electrons. The molecule has 2 bridgehead atoms. The second-order valence-corrected chi connectivity index (χ2v) is 9.96. The molecule has 0 aromatic carbocycles. The van der Waals surface area contributed by atoms with Crippen molar-refractivity contribution in [3.63, 3.8) is 0 Å². The zero-order chi connectivity index (χ0) is 19.2. The van der Waals surface area contributed by atoms with E-state index in [0.29, 0.717) is 24.1 Å². The number of carbonyl (C=O) groups excluding carboxylic acids is 2. The van der Waals surface area contributed by atoms with Gasteiger partial charge in [-0.3, -0.25) is 4.79 Å². The largest absolute Gasteiger partial charge is 0.335 e. The van der Waals surface area contributed by atoms with Crippen LogP contribution in [0.2, 0.25) is 0 Å². The van der Waals surface area contributed by atoms with Crippen LogP contribution in [0.15, 0.2) is 5.51 Å². The molecule has 0 unspecified atom stereocenters. The van der Waals surface area contributed by atoms with Gasteiger partial charge in [0.2, 0.25) is 11.0 Å². The van der Waals surface area contributed by atoms with Gasteiger partial charge in [0, 0.05) is 19.1 Å². The first-order valence-electron chi connectivity index (χ1n) is 9.94. The predicted octanol–water partition coefficient (Wildman–Crippen LogP) is 3.11. The molecule has 3 amide bonds. The Kier molecular flexibility index (Phi) is 4.64. The zero-order valence-corrected chi connectivity index (χ0v) is 17.1. The number of urea groups is 1. The molecule has 148 valence electrons. The van der Waals surface area contributed by atoms with Crippen molar-refractivity contribution >= 4 is 28.4 Å². The number of likely N-dealkylation sites (tertiary alicyclic amines) is 1. The van der Waals surface area contributed by atoms with Crippen LogP contribution in [0, 0.1) is 22.7 Å². The highest BCUT2D eigenvalue weighted by Crippen LogP contribution is 2.65. The lowest BCUT2D eigenvalue weighted by Gasteiger charge is -2.41. The van der Waals surface area contributed by atoms with Crippen LogP contribution >= 0.6 is 11.3 Å². The fourth-order valence-electron chi connectivity index (χ4n) is 5.47. The van der Waals surface area contributed by atoms with Crippen LogP contribution in [-0.2, 0) is 4.79 Å². The average Bonchev–Trinajstić information content (AvgIpc) is 3.28. The van der Waals surface area contributed by atoms with Crippen molar-refractivity contribution in [2.24, 2.45) is 22.7 Å². The molecule has 0 spiro atoms. The van der Waals surface area contributed by atoms with Crippen molar-refractivity contribution in [3.05, 3.63) is 5.51 Å². The number of hydrogen-bond donors (Lipinski definition) is 2. The van der Waals surface area contributed by atoms with Crippen LogP contribution in [0.1, 0.15) is 52.9 Å². The third-order valence-electron chi connectivity index (χ3n) is 7.76. The van der Waals surface area contributed by atoms with Gasteiger partial charge in [-0.1, -0.05) is 32.1 Å². The minimum absolute atomic E-state index is 0.0157. The Balaban J connectivity index is 1.36. The normalized spacial score (nSPS) is 34.5. The summed E-state index contributed by atoms with van der Waals surface area (Å²) >= 11 is 1.30. The highest BCUT2D eigenvalue weighted by atomic mass is 32.1. The monoisotopic (exact) mass is 391 g/mol. The van der Waals surface area contributed by atoms with Crippen LogP contribution in [0.3, 0.4) is 0 Å². The second kappa shape index (κ2) is 6.72. The van der Waals surface area contributed by atoms with Gasteiger partial charge in [0.15, 0.2) is 0 Å². The first-order chi connectivity index (χ1) is 12.8. The lowest BCUT2D eigenvalue weighted by atomic mass is 9.69. The molecule has 4 atom stereocenters. The third-order valence-corrected chi connectivity index (χ3v) is 8.37. The number of piperidine rings is 1. The maximum Gasteiger partial charge on any atom is 0.317 e. The Hall–Kier alpha value is -1.70. The van der Waals surface area contributed by atoms with E-state index in [1.807, 2.05) is 4.90 Å². The van der Waals surface area contributed by atoms with Gasteiger partial charge in [0.25, 0.3) is 0 Å². The van der Waals surface area contributed by atoms with Crippen LogP contribution in [0.5, 0.6) is 0 Å². The summed E-state index contributed by atoms with van der Waals surface area (Å²) < 4.78 is 0. The molecule has 3 fully saturated rings. The van der Waals surface area contributed by atoms with E-state index in [1.54, 1.807) is 5.51 Å². The molecule has 1 aliphatic heterocycles. The summed E-state index contributed by atoms with van der Waals surface area (Å²) in [5, 5.41) is 14.2. The first-order valence-corrected chi connectivity index (χ1v) is 10.8. The number of rotatable bonds is 3. The summed E-state index contributed by atoms with van der Waals surface area (Å²) in [6.45, 7) is 8.22. The van der Waals surface area contributed by atoms with E-state index < -0.39 is 0 Å². The number of nitrogens with one attached hydrogen (secondary N) is 2. The van der Waals surface area contributed by atoms with Crippen molar-refractivity contribution in [1.29, 1.82) is 0 Å². The van der Waals surface area contributed by atoms with Crippen LogP contribution in [0.4, 0.5) is 9.93 Å². The van der Waals surface area contributed by atoms with Crippen molar-refractivity contribution in [2.75, 3.05) is 18.4 Å². The molecule has 4 rings (SSSR count). The lowest BCUT2D eigenvalue weighted by molar-refractivity contribution is -0.121. The van der Waals surface area contributed by atoms with Gasteiger partial charge in [-0.15, -0.1) is 10.2 Å². The van der Waals surface area contributed by atoms with Crippen LogP contribution in [-0.4, -0.2) is 46.2 Å². The summed E-state index contributed by atoms with van der Waals surface area (Å²) in [7, 11) is 0. The summed E-state index contributed by atoms with van der Waals surface area (Å²) in [6.07, 6.45) is 5.17. The third kappa shape index (κ3) is 3.11. The van der Waals surface area contributed by atoms with Crippen molar-refractivity contribution in [3.8, 4) is 0 Å². The summed E-state index contributed by atoms with van der Waals surface area (Å²) in [6, 6.07) is 0.215. The quantitative estimate of drug-likeness (QED) is 0.829. The molecular formula is C19H29N5O2S. The molecule has 8 heteroatoms. The SMILES string of the molecule is CC1(C)[C@H]2CC[C@@]1(C)[C@@H](NC(=O)N1CCC[C@@H](C(=O)Nc3nncs3)C1)C2. The standard InChI is InChI=1S/C19H29N5O2S/c1-18(2)13-6-7-19(18,3)14(9-13)21-17(26)24-8-4-5-12(10-24)15(25)22-16-23-20-11-27-16/h11-14H,4-10H2,1-3H3,(H,21,26)(H,22,23,25)/t12-,13+,14+,19+/m1/s1. The number of aromatic nitrogens is 2. The molecule has 27 heavy (non-hydrogen) atoms. The van der Waals surface area contributed by atoms with E-state index in [2.05, 4.69) is 41.6 Å². The van der Waals surface area contributed by atoms with E-state index in [9.17, 15) is 9.59 Å². The summed E-state index contributed by atoms with van der Waals surface area (Å²) in [5.41, 5.74) is 2.03. The van der Waals surface area contributed by atoms with E-state index in [0.717, 1.165) is 19.3 Å². The molecule has 2 N–H and O–H groups in total. The first kappa shape index (κ1) is 18.7. The van der Waals surface area contributed by atoms with E-state index >= 15 is 0 Å². The number of fused-ring (bicyclic) bond motifs is 2. The van der Waals surface area contributed by atoms with Gasteiger partial charge >= 0.3 is 6.03 Å². The average molecular weight is 392 g/mol. The Labute approximate surface area is 164 Å². The molecule has 7 nitrogen and oxygen atoms in total. The minimum atomic E-state index is -0.194. The minimum Gasteiger partial charge on any atom is -0.335 e. The highest BCUT2D eigenvalue weighted by molar-refractivity contribution is 7.13. The molecule has 1 saturated heterocycles. The second-order valence-electron chi connectivity index (χ2n) is 9.13. The van der Waals surface area contributed by atoms with Gasteiger partial charge in [-0.05, 0) is 48.9 Å². The van der Waals surface area contributed by atoms with Gasteiger partial charge in [0.1, 0.15) is 5.51 Å². The Morgan fingerprint density at radius 3 is 2.74 bits per heavy atom. The Bertz CT molecular complexity index is 722. The van der Waals surface area contributed by atoms with E-state index in [4.69, 9.17) is 0 Å². The number of anilines is 1. The van der Waals surface area contributed by atoms with Crippen molar-refractivity contribution in [1.82, 2.24) is 20.4 Å². The topological polar surface area (TPSA) is 87.2 Å². The highest BCUT2D eigenvalue weighted by Gasteiger charge is 2.61. The Morgan fingerprint density at radius 2 is 2.11 bits per heavy atom. The van der Waals surface area contributed by atoms with Crippen LogP contribution < -0.4 is 10.6 Å². The van der Waals surface area contributed by atoms with Crippen molar-refractivity contribution in [2.45, 2.75) is 58.9 Å². The summed E-state index contributed by atoms with van der Waals surface area (Å²) in [4.78, 5) is 27.2. The number of nitrogens with zero attached hydrogens (tertiary/aromatic N) is 3. The van der Waals surface area contributed by atoms with Gasteiger partial charge < -0.3 is 15.5 Å². The number of amides is 3. The molecule has 2 heterocycles. The molecule has 2 saturated carbocycles. The molecule has 1 aromatic heterocycles. The Morgan fingerprint density at radius 1 is 1.30 bits per heavy atom. The van der Waals surface area contributed by atoms with Crippen molar-refractivity contribution < 1.29 is 9.59 Å². The predicted molar refractivity (Wildman–Crippen MR) is 104 cm³/mol. The maximum absolute atomic E-state index is 12.9. The maximum atomic E-state index is 12.9. The fraction of sp³-hybridized carbons (Fsp3) is 0.789. The van der Waals surface area contributed by atoms with Gasteiger partial charge in [-0.25, -0.2) is 4.79 Å². The van der Waals surface area contributed by atoms with Crippen LogP contribution in [0.25, 0.3) is 0 Å². The van der Waals surface area contributed by atoms with Gasteiger partial charge in [-0.2, -0.15) is 0 Å². The molecular weight excluding hydrogens is 362 g/mol.